The van der Waals surface area contributed by atoms with E-state index in [0.717, 1.165) is 22.2 Å². The first-order valence-corrected chi connectivity index (χ1v) is 7.38. The van der Waals surface area contributed by atoms with Gasteiger partial charge in [0.05, 0.1) is 5.02 Å². The molecule has 0 amide bonds. The van der Waals surface area contributed by atoms with Crippen LogP contribution in [0.1, 0.15) is 25.5 Å². The number of rotatable bonds is 5. The molecule has 0 saturated carbocycles. The third-order valence-corrected chi connectivity index (χ3v) is 4.17. The summed E-state index contributed by atoms with van der Waals surface area (Å²) in [6.45, 7) is 5.14. The smallest absolute Gasteiger partial charge is 0.121 e. The number of hydrogen-bond donors (Lipinski definition) is 1. The molecule has 1 N–H and O–H groups in total. The van der Waals surface area contributed by atoms with Crippen LogP contribution >= 0.6 is 23.4 Å². The highest BCUT2D eigenvalue weighted by molar-refractivity contribution is 7.99. The highest BCUT2D eigenvalue weighted by Gasteiger charge is 2.13. The minimum Gasteiger partial charge on any atom is -0.310 e. The van der Waals surface area contributed by atoms with Crippen molar-refractivity contribution in [1.82, 2.24) is 15.3 Å². The monoisotopic (exact) mass is 293 g/mol. The van der Waals surface area contributed by atoms with Crippen molar-refractivity contribution in [2.24, 2.45) is 0 Å². The molecular weight excluding hydrogens is 278 g/mol. The average Bonchev–Trinajstić information content (AvgIpc) is 2.42. The third-order valence-electron chi connectivity index (χ3n) is 2.70. The number of halogens is 1. The second-order valence-corrected chi connectivity index (χ2v) is 5.45. The van der Waals surface area contributed by atoms with Gasteiger partial charge in [0, 0.05) is 24.0 Å². The summed E-state index contributed by atoms with van der Waals surface area (Å²) in [5, 5.41) is 5.78. The van der Waals surface area contributed by atoms with Crippen LogP contribution in [0, 0.1) is 0 Å². The van der Waals surface area contributed by atoms with E-state index in [1.165, 1.54) is 11.8 Å². The lowest BCUT2D eigenvalue weighted by Crippen LogP contribution is -2.18. The van der Waals surface area contributed by atoms with Gasteiger partial charge in [-0.2, -0.15) is 0 Å². The highest BCUT2D eigenvalue weighted by Crippen LogP contribution is 2.33. The Labute approximate surface area is 122 Å². The molecule has 2 aromatic heterocycles. The Hall–Kier alpha value is -1.10. The number of aromatic nitrogens is 2. The predicted octanol–water partition coefficient (Wildman–Crippen LogP) is 3.95. The summed E-state index contributed by atoms with van der Waals surface area (Å²) in [5.74, 6) is 0. The quantitative estimate of drug-likeness (QED) is 0.906. The summed E-state index contributed by atoms with van der Waals surface area (Å²) in [4.78, 5) is 8.73. The van der Waals surface area contributed by atoms with E-state index in [2.05, 4.69) is 35.2 Å². The number of hydrogen-bond acceptors (Lipinski definition) is 4. The van der Waals surface area contributed by atoms with Gasteiger partial charge in [-0.3, -0.25) is 0 Å². The van der Waals surface area contributed by atoms with Gasteiger partial charge in [-0.05, 0) is 43.4 Å². The Bertz CT molecular complexity index is 548. The number of pyridine rings is 2. The second kappa shape index (κ2) is 6.89. The van der Waals surface area contributed by atoms with Gasteiger partial charge in [0.1, 0.15) is 10.1 Å². The van der Waals surface area contributed by atoms with Crippen molar-refractivity contribution in [3.05, 3.63) is 47.2 Å². The Morgan fingerprint density at radius 2 is 1.89 bits per heavy atom. The van der Waals surface area contributed by atoms with Gasteiger partial charge in [-0.25, -0.2) is 9.97 Å². The molecule has 2 aromatic rings. The second-order valence-electron chi connectivity index (χ2n) is 4.07. The standard InChI is InChI=1S/C14H16ClN3S/c1-3-16-10(2)11-6-4-8-17-13(11)19-14-12(15)7-5-9-18-14/h4-10,16H,3H2,1-2H3. The van der Waals surface area contributed by atoms with E-state index >= 15 is 0 Å². The van der Waals surface area contributed by atoms with Gasteiger partial charge >= 0.3 is 0 Å². The predicted molar refractivity (Wildman–Crippen MR) is 79.7 cm³/mol. The summed E-state index contributed by atoms with van der Waals surface area (Å²) in [5.41, 5.74) is 1.16. The van der Waals surface area contributed by atoms with Crippen LogP contribution in [0.2, 0.25) is 5.02 Å². The van der Waals surface area contributed by atoms with Crippen molar-refractivity contribution in [2.45, 2.75) is 29.9 Å². The zero-order valence-electron chi connectivity index (χ0n) is 10.9. The van der Waals surface area contributed by atoms with Crippen LogP contribution in [0.5, 0.6) is 0 Å². The minimum absolute atomic E-state index is 0.253. The van der Waals surface area contributed by atoms with Crippen molar-refractivity contribution in [3.8, 4) is 0 Å². The molecule has 0 spiro atoms. The first kappa shape index (κ1) is 14.3. The molecular formula is C14H16ClN3S. The fraction of sp³-hybridized carbons (Fsp3) is 0.286. The van der Waals surface area contributed by atoms with Gasteiger partial charge < -0.3 is 5.32 Å². The van der Waals surface area contributed by atoms with E-state index in [1.807, 2.05) is 18.2 Å². The van der Waals surface area contributed by atoms with Gasteiger partial charge in [-0.15, -0.1) is 0 Å². The van der Waals surface area contributed by atoms with Crippen LogP contribution in [0.25, 0.3) is 0 Å². The summed E-state index contributed by atoms with van der Waals surface area (Å²) < 4.78 is 0. The first-order valence-electron chi connectivity index (χ1n) is 6.19. The Kier molecular flexibility index (Phi) is 5.19. The van der Waals surface area contributed by atoms with E-state index in [-0.39, 0.29) is 6.04 Å². The van der Waals surface area contributed by atoms with Crippen LogP contribution in [0.4, 0.5) is 0 Å². The maximum absolute atomic E-state index is 6.14. The van der Waals surface area contributed by atoms with Gasteiger partial charge in [0.15, 0.2) is 0 Å². The molecule has 1 atom stereocenters. The number of nitrogens with zero attached hydrogens (tertiary/aromatic N) is 2. The van der Waals surface area contributed by atoms with Crippen LogP contribution in [0.15, 0.2) is 46.7 Å². The lowest BCUT2D eigenvalue weighted by molar-refractivity contribution is 0.585. The Morgan fingerprint density at radius 1 is 1.21 bits per heavy atom. The molecule has 0 aromatic carbocycles. The highest BCUT2D eigenvalue weighted by atomic mass is 35.5. The van der Waals surface area contributed by atoms with Gasteiger partial charge in [-0.1, -0.05) is 24.6 Å². The molecule has 0 radical (unpaired) electrons. The van der Waals surface area contributed by atoms with E-state index in [4.69, 9.17) is 11.6 Å². The molecule has 3 nitrogen and oxygen atoms in total. The maximum Gasteiger partial charge on any atom is 0.121 e. The first-order chi connectivity index (χ1) is 9.22. The van der Waals surface area contributed by atoms with Crippen LogP contribution in [-0.4, -0.2) is 16.5 Å². The largest absolute Gasteiger partial charge is 0.310 e. The van der Waals surface area contributed by atoms with E-state index in [0.29, 0.717) is 5.02 Å². The summed E-state index contributed by atoms with van der Waals surface area (Å²) >= 11 is 7.64. The SMILES string of the molecule is CCNC(C)c1cccnc1Sc1ncccc1Cl. The summed E-state index contributed by atoms with van der Waals surface area (Å²) in [6, 6.07) is 7.95. The molecule has 0 fully saturated rings. The lowest BCUT2D eigenvalue weighted by atomic mass is 10.1. The molecule has 0 aliphatic heterocycles. The molecule has 0 bridgehead atoms. The molecule has 100 valence electrons. The molecule has 0 saturated heterocycles. The fourth-order valence-corrected chi connectivity index (χ4v) is 2.95. The lowest BCUT2D eigenvalue weighted by Gasteiger charge is -2.15. The Morgan fingerprint density at radius 3 is 2.58 bits per heavy atom. The average molecular weight is 294 g/mol. The van der Waals surface area contributed by atoms with Crippen molar-refractivity contribution < 1.29 is 0 Å². The van der Waals surface area contributed by atoms with E-state index in [1.54, 1.807) is 12.4 Å². The Balaban J connectivity index is 2.28. The van der Waals surface area contributed by atoms with E-state index in [9.17, 15) is 0 Å². The summed E-state index contributed by atoms with van der Waals surface area (Å²) in [6.07, 6.45) is 3.53. The molecule has 5 heteroatoms. The molecule has 0 aliphatic rings. The van der Waals surface area contributed by atoms with Crippen molar-refractivity contribution in [3.63, 3.8) is 0 Å². The molecule has 2 heterocycles. The molecule has 0 aliphatic carbocycles. The fourth-order valence-electron chi connectivity index (χ4n) is 1.77. The topological polar surface area (TPSA) is 37.8 Å². The van der Waals surface area contributed by atoms with E-state index < -0.39 is 0 Å². The molecule has 2 rings (SSSR count). The van der Waals surface area contributed by atoms with Gasteiger partial charge in [0.2, 0.25) is 0 Å². The zero-order valence-corrected chi connectivity index (χ0v) is 12.5. The van der Waals surface area contributed by atoms with Crippen molar-refractivity contribution >= 4 is 23.4 Å². The number of nitrogens with one attached hydrogen (secondary N) is 1. The van der Waals surface area contributed by atoms with Gasteiger partial charge in [0.25, 0.3) is 0 Å². The van der Waals surface area contributed by atoms with Crippen LogP contribution in [0.3, 0.4) is 0 Å². The van der Waals surface area contributed by atoms with Crippen molar-refractivity contribution in [2.75, 3.05) is 6.54 Å². The van der Waals surface area contributed by atoms with Crippen LogP contribution in [-0.2, 0) is 0 Å². The van der Waals surface area contributed by atoms with Crippen LogP contribution < -0.4 is 5.32 Å². The minimum atomic E-state index is 0.253. The zero-order chi connectivity index (χ0) is 13.7. The molecule has 1 unspecified atom stereocenters. The van der Waals surface area contributed by atoms with Crippen molar-refractivity contribution in [1.29, 1.82) is 0 Å². The third kappa shape index (κ3) is 3.69. The maximum atomic E-state index is 6.14. The molecule has 19 heavy (non-hydrogen) atoms. The summed E-state index contributed by atoms with van der Waals surface area (Å²) in [7, 11) is 0. The normalized spacial score (nSPS) is 12.4.